The molecule has 3 fully saturated rings. The number of esters is 1. The largest absolute Gasteiger partial charge is 0.466 e. The summed E-state index contributed by atoms with van der Waals surface area (Å²) in [6, 6.07) is 0. The molecular weight excluding hydrogens is 288 g/mol. The lowest BCUT2D eigenvalue weighted by molar-refractivity contribution is -0.135. The van der Waals surface area contributed by atoms with Crippen LogP contribution in [0.25, 0.3) is 0 Å². The van der Waals surface area contributed by atoms with Gasteiger partial charge in [-0.3, -0.25) is 0 Å². The number of ether oxygens (including phenoxy) is 2. The number of hydrogen-bond acceptors (Lipinski definition) is 3. The topological polar surface area (TPSA) is 35.5 Å². The van der Waals surface area contributed by atoms with E-state index in [0.29, 0.717) is 17.4 Å². The summed E-state index contributed by atoms with van der Waals surface area (Å²) >= 11 is 0. The van der Waals surface area contributed by atoms with E-state index in [-0.39, 0.29) is 11.4 Å². The molecule has 3 nitrogen and oxygen atoms in total. The van der Waals surface area contributed by atoms with Crippen molar-refractivity contribution in [2.24, 2.45) is 28.6 Å². The number of allylic oxidation sites excluding steroid dienone is 1. The molecule has 0 bridgehead atoms. The van der Waals surface area contributed by atoms with Crippen LogP contribution in [0.3, 0.4) is 0 Å². The lowest BCUT2D eigenvalue weighted by Crippen LogP contribution is -2.49. The Morgan fingerprint density at radius 3 is 2.48 bits per heavy atom. The first kappa shape index (κ1) is 17.0. The molecule has 0 radical (unpaired) electrons. The van der Waals surface area contributed by atoms with Crippen LogP contribution in [0.5, 0.6) is 0 Å². The van der Waals surface area contributed by atoms with Crippen LogP contribution in [-0.4, -0.2) is 26.3 Å². The fourth-order valence-corrected chi connectivity index (χ4v) is 6.27. The number of methoxy groups -OCH3 is 2. The van der Waals surface area contributed by atoms with E-state index in [9.17, 15) is 4.79 Å². The summed E-state index contributed by atoms with van der Waals surface area (Å²) in [5.41, 5.74) is 1.74. The van der Waals surface area contributed by atoms with Gasteiger partial charge in [0.05, 0.1) is 13.2 Å². The Morgan fingerprint density at radius 2 is 1.83 bits per heavy atom. The van der Waals surface area contributed by atoms with Gasteiger partial charge >= 0.3 is 5.97 Å². The molecule has 0 aliphatic heterocycles. The van der Waals surface area contributed by atoms with Crippen LogP contribution in [0, 0.1) is 28.6 Å². The molecule has 0 N–H and O–H groups in total. The fraction of sp³-hybridized carbons (Fsp3) is 0.850. The zero-order chi connectivity index (χ0) is 16.8. The van der Waals surface area contributed by atoms with Gasteiger partial charge in [-0.25, -0.2) is 4.79 Å². The highest BCUT2D eigenvalue weighted by atomic mass is 16.5. The minimum absolute atomic E-state index is 0.101. The Kier molecular flexibility index (Phi) is 4.37. The Labute approximate surface area is 140 Å². The van der Waals surface area contributed by atoms with Gasteiger partial charge in [-0.2, -0.15) is 0 Å². The number of rotatable bonds is 2. The molecule has 130 valence electrons. The summed E-state index contributed by atoms with van der Waals surface area (Å²) in [6.45, 7) is 7.13. The Hall–Kier alpha value is -0.830. The van der Waals surface area contributed by atoms with Crippen LogP contribution in [0.2, 0.25) is 0 Å². The molecule has 0 saturated heterocycles. The number of fused-ring (bicyclic) bond motifs is 3. The zero-order valence-corrected chi connectivity index (χ0v) is 15.4. The van der Waals surface area contributed by atoms with Crippen molar-refractivity contribution in [3.05, 3.63) is 11.6 Å². The van der Waals surface area contributed by atoms with Crippen molar-refractivity contribution < 1.29 is 14.3 Å². The zero-order valence-electron chi connectivity index (χ0n) is 15.4. The van der Waals surface area contributed by atoms with Gasteiger partial charge in [-0.15, -0.1) is 0 Å². The van der Waals surface area contributed by atoms with Gasteiger partial charge in [-0.05, 0) is 67.1 Å². The molecule has 3 rings (SSSR count). The molecular formula is C20H32O3. The maximum absolute atomic E-state index is 11.7. The lowest BCUT2D eigenvalue weighted by atomic mass is 9.49. The summed E-state index contributed by atoms with van der Waals surface area (Å²) in [7, 11) is 3.35. The van der Waals surface area contributed by atoms with Gasteiger partial charge in [0.25, 0.3) is 0 Å². The van der Waals surface area contributed by atoms with Gasteiger partial charge in [0, 0.05) is 13.2 Å². The van der Waals surface area contributed by atoms with Crippen LogP contribution in [0.15, 0.2) is 11.6 Å². The first-order valence-corrected chi connectivity index (χ1v) is 9.16. The van der Waals surface area contributed by atoms with Crippen molar-refractivity contribution in [3.63, 3.8) is 0 Å². The van der Waals surface area contributed by atoms with Gasteiger partial charge in [0.2, 0.25) is 0 Å². The fourth-order valence-electron chi connectivity index (χ4n) is 6.27. The third-order valence-corrected chi connectivity index (χ3v) is 7.63. The van der Waals surface area contributed by atoms with Crippen LogP contribution >= 0.6 is 0 Å². The van der Waals surface area contributed by atoms with Gasteiger partial charge < -0.3 is 9.47 Å². The van der Waals surface area contributed by atoms with Gasteiger partial charge in [0.15, 0.2) is 0 Å². The highest BCUT2D eigenvalue weighted by molar-refractivity contribution is 5.83. The molecule has 23 heavy (non-hydrogen) atoms. The van der Waals surface area contributed by atoms with E-state index in [2.05, 4.69) is 20.8 Å². The molecule has 5 atom stereocenters. The van der Waals surface area contributed by atoms with E-state index in [0.717, 1.165) is 18.3 Å². The number of carbonyl (C=O) groups is 1. The standard InChI is InChI=1S/C20H32O3/c1-19(2)13(12-18(21)23-5)6-7-14-15(19)10-11-20(3)16(14)8-9-17(20)22-4/h12,14-17H,6-11H2,1-5H3/b13-12-/t14?,15?,16?,17-,20-/m0/s1. The molecule has 0 heterocycles. The molecule has 0 aromatic rings. The summed E-state index contributed by atoms with van der Waals surface area (Å²) in [5, 5.41) is 0. The molecule has 0 amide bonds. The summed E-state index contributed by atoms with van der Waals surface area (Å²) < 4.78 is 10.7. The van der Waals surface area contributed by atoms with Crippen molar-refractivity contribution >= 4 is 5.97 Å². The summed E-state index contributed by atoms with van der Waals surface area (Å²) in [5.74, 6) is 2.04. The molecule has 3 saturated carbocycles. The van der Waals surface area contributed by atoms with E-state index in [1.165, 1.54) is 44.8 Å². The first-order valence-electron chi connectivity index (χ1n) is 9.16. The van der Waals surface area contributed by atoms with Crippen LogP contribution < -0.4 is 0 Å². The average Bonchev–Trinajstić information content (AvgIpc) is 2.86. The molecule has 0 aromatic heterocycles. The van der Waals surface area contributed by atoms with Crippen LogP contribution in [0.4, 0.5) is 0 Å². The Balaban J connectivity index is 1.86. The minimum Gasteiger partial charge on any atom is -0.466 e. The Morgan fingerprint density at radius 1 is 1.09 bits per heavy atom. The van der Waals surface area contributed by atoms with Gasteiger partial charge in [0.1, 0.15) is 0 Å². The molecule has 0 aromatic carbocycles. The van der Waals surface area contributed by atoms with Crippen molar-refractivity contribution in [1.29, 1.82) is 0 Å². The minimum atomic E-state index is -0.201. The third-order valence-electron chi connectivity index (χ3n) is 7.63. The van der Waals surface area contributed by atoms with Crippen molar-refractivity contribution in [1.82, 2.24) is 0 Å². The van der Waals surface area contributed by atoms with E-state index in [1.54, 1.807) is 6.08 Å². The number of hydrogen-bond donors (Lipinski definition) is 0. The summed E-state index contributed by atoms with van der Waals surface area (Å²) in [6.07, 6.45) is 9.48. The normalized spacial score (nSPS) is 43.8. The maximum Gasteiger partial charge on any atom is 0.330 e. The van der Waals surface area contributed by atoms with Crippen molar-refractivity contribution in [2.75, 3.05) is 14.2 Å². The first-order chi connectivity index (χ1) is 10.8. The third kappa shape index (κ3) is 2.56. The van der Waals surface area contributed by atoms with E-state index in [4.69, 9.17) is 9.47 Å². The predicted molar refractivity (Wildman–Crippen MR) is 91.0 cm³/mol. The molecule has 3 aliphatic rings. The van der Waals surface area contributed by atoms with E-state index >= 15 is 0 Å². The summed E-state index contributed by atoms with van der Waals surface area (Å²) in [4.78, 5) is 11.7. The monoisotopic (exact) mass is 320 g/mol. The van der Waals surface area contributed by atoms with E-state index < -0.39 is 0 Å². The maximum atomic E-state index is 11.7. The highest BCUT2D eigenvalue weighted by Gasteiger charge is 2.57. The number of carbonyl (C=O) groups excluding carboxylic acids is 1. The second-order valence-electron chi connectivity index (χ2n) is 8.68. The smallest absolute Gasteiger partial charge is 0.330 e. The van der Waals surface area contributed by atoms with Crippen molar-refractivity contribution in [3.8, 4) is 0 Å². The molecule has 3 heteroatoms. The second kappa shape index (κ2) is 5.91. The predicted octanol–water partition coefficient (Wildman–Crippen LogP) is 4.36. The quantitative estimate of drug-likeness (QED) is 0.560. The molecule has 3 aliphatic carbocycles. The van der Waals surface area contributed by atoms with Crippen molar-refractivity contribution in [2.45, 2.75) is 65.4 Å². The van der Waals surface area contributed by atoms with Gasteiger partial charge in [-0.1, -0.05) is 26.3 Å². The van der Waals surface area contributed by atoms with Crippen LogP contribution in [-0.2, 0) is 14.3 Å². The Bertz CT molecular complexity index is 507. The molecule has 0 spiro atoms. The second-order valence-corrected chi connectivity index (χ2v) is 8.68. The molecule has 3 unspecified atom stereocenters. The highest BCUT2D eigenvalue weighted by Crippen LogP contribution is 2.64. The SMILES string of the molecule is COC(=O)/C=C1/CCC2C(CC[C@@]3(C)C2CC[C@@H]3OC)C1(C)C. The van der Waals surface area contributed by atoms with Crippen LogP contribution in [0.1, 0.15) is 59.3 Å². The average molecular weight is 320 g/mol. The lowest BCUT2D eigenvalue weighted by Gasteiger charge is -2.56. The van der Waals surface area contributed by atoms with E-state index in [1.807, 2.05) is 7.11 Å².